The average Bonchev–Trinajstić information content (AvgIpc) is 2.73. The number of hydrogen-bond donors (Lipinski definition) is 1. The Morgan fingerprint density at radius 1 is 1.12 bits per heavy atom. The van der Waals surface area contributed by atoms with Gasteiger partial charge in [-0.15, -0.1) is 11.3 Å². The fraction of sp³-hybridized carbons (Fsp3) is 0. The van der Waals surface area contributed by atoms with Crippen LogP contribution in [0.15, 0.2) is 42.6 Å². The molecule has 3 nitrogen and oxygen atoms in total. The number of hydrogen-bond acceptors (Lipinski definition) is 4. The predicted octanol–water partition coefficient (Wildman–Crippen LogP) is 2.94. The van der Waals surface area contributed by atoms with Crippen molar-refractivity contribution in [2.75, 3.05) is 5.73 Å². The van der Waals surface area contributed by atoms with E-state index in [1.807, 2.05) is 36.4 Å². The van der Waals surface area contributed by atoms with Crippen LogP contribution in [0.2, 0.25) is 0 Å². The van der Waals surface area contributed by atoms with Gasteiger partial charge in [0.05, 0.1) is 15.9 Å². The highest BCUT2D eigenvalue weighted by atomic mass is 32.1. The fourth-order valence-corrected chi connectivity index (χ4v) is 2.53. The maximum absolute atomic E-state index is 5.74. The molecule has 0 aliphatic rings. The number of fused-ring (bicyclic) bond motifs is 1. The van der Waals surface area contributed by atoms with E-state index in [0.717, 1.165) is 26.6 Å². The van der Waals surface area contributed by atoms with Gasteiger partial charge in [0.1, 0.15) is 5.01 Å². The Morgan fingerprint density at radius 2 is 2.06 bits per heavy atom. The van der Waals surface area contributed by atoms with Crippen LogP contribution in [0, 0.1) is 0 Å². The topological polar surface area (TPSA) is 51.8 Å². The number of rotatable bonds is 1. The van der Waals surface area contributed by atoms with Crippen molar-refractivity contribution in [3.05, 3.63) is 42.6 Å². The van der Waals surface area contributed by atoms with E-state index >= 15 is 0 Å². The number of aromatic nitrogens is 2. The minimum absolute atomic E-state index is 0.767. The molecule has 3 aromatic rings. The van der Waals surface area contributed by atoms with Crippen LogP contribution in [-0.4, -0.2) is 9.97 Å². The number of pyridine rings is 1. The summed E-state index contributed by atoms with van der Waals surface area (Å²) >= 11 is 1.61. The summed E-state index contributed by atoms with van der Waals surface area (Å²) in [4.78, 5) is 8.81. The largest absolute Gasteiger partial charge is 0.399 e. The van der Waals surface area contributed by atoms with Crippen LogP contribution in [0.5, 0.6) is 0 Å². The number of nitrogens with two attached hydrogens (primary N) is 1. The van der Waals surface area contributed by atoms with Gasteiger partial charge in [0.25, 0.3) is 0 Å². The molecule has 0 aliphatic heterocycles. The van der Waals surface area contributed by atoms with E-state index in [-0.39, 0.29) is 0 Å². The first-order valence-electron chi connectivity index (χ1n) is 4.90. The van der Waals surface area contributed by atoms with Crippen molar-refractivity contribution in [3.63, 3.8) is 0 Å². The Kier molecular flexibility index (Phi) is 2.08. The summed E-state index contributed by atoms with van der Waals surface area (Å²) in [5.74, 6) is 0. The summed E-state index contributed by atoms with van der Waals surface area (Å²) < 4.78 is 1.10. The molecule has 3 rings (SSSR count). The molecule has 0 fully saturated rings. The first-order chi connectivity index (χ1) is 7.83. The van der Waals surface area contributed by atoms with Crippen LogP contribution in [0.4, 0.5) is 5.69 Å². The minimum Gasteiger partial charge on any atom is -0.399 e. The number of thiazole rings is 1. The second-order valence-corrected chi connectivity index (χ2v) is 4.49. The van der Waals surface area contributed by atoms with Gasteiger partial charge in [-0.1, -0.05) is 6.07 Å². The number of benzene rings is 1. The molecule has 16 heavy (non-hydrogen) atoms. The average molecular weight is 227 g/mol. The van der Waals surface area contributed by atoms with E-state index in [1.54, 1.807) is 17.5 Å². The molecule has 0 radical (unpaired) electrons. The van der Waals surface area contributed by atoms with Crippen LogP contribution in [0.1, 0.15) is 0 Å². The number of nitrogen functional groups attached to an aromatic ring is 1. The quantitative estimate of drug-likeness (QED) is 0.650. The van der Waals surface area contributed by atoms with Crippen LogP contribution < -0.4 is 5.73 Å². The van der Waals surface area contributed by atoms with E-state index in [4.69, 9.17) is 5.73 Å². The third-order valence-corrected chi connectivity index (χ3v) is 3.34. The van der Waals surface area contributed by atoms with Gasteiger partial charge in [0.15, 0.2) is 0 Å². The van der Waals surface area contributed by atoms with Crippen LogP contribution >= 0.6 is 11.3 Å². The molecule has 2 heterocycles. The summed E-state index contributed by atoms with van der Waals surface area (Å²) in [6, 6.07) is 11.6. The molecule has 0 atom stereocenters. The number of nitrogens with zero attached hydrogens (tertiary/aromatic N) is 2. The predicted molar refractivity (Wildman–Crippen MR) is 67.3 cm³/mol. The van der Waals surface area contributed by atoms with Crippen LogP contribution in [0.3, 0.4) is 0 Å². The van der Waals surface area contributed by atoms with Crippen molar-refractivity contribution in [2.45, 2.75) is 0 Å². The van der Waals surface area contributed by atoms with Crippen molar-refractivity contribution in [2.24, 2.45) is 0 Å². The summed E-state index contributed by atoms with van der Waals surface area (Å²) in [5, 5.41) is 0.932. The Morgan fingerprint density at radius 3 is 2.88 bits per heavy atom. The Hall–Kier alpha value is -1.94. The molecular weight excluding hydrogens is 218 g/mol. The molecule has 78 valence electrons. The van der Waals surface area contributed by atoms with E-state index < -0.39 is 0 Å². The lowest BCUT2D eigenvalue weighted by Crippen LogP contribution is -1.81. The first kappa shape index (κ1) is 9.30. The molecule has 0 saturated heterocycles. The van der Waals surface area contributed by atoms with Crippen molar-refractivity contribution in [3.8, 4) is 10.7 Å². The Balaban J connectivity index is 2.19. The standard InChI is InChI=1S/C12H9N3S/c13-8-4-5-9-11(7-8)16-12(15-9)10-3-1-2-6-14-10/h1-7H,13H2. The lowest BCUT2D eigenvalue weighted by molar-refractivity contribution is 1.31. The van der Waals surface area contributed by atoms with E-state index in [2.05, 4.69) is 9.97 Å². The van der Waals surface area contributed by atoms with Crippen molar-refractivity contribution in [1.29, 1.82) is 0 Å². The van der Waals surface area contributed by atoms with Gasteiger partial charge in [0, 0.05) is 11.9 Å². The summed E-state index contributed by atoms with van der Waals surface area (Å²) in [5.41, 5.74) is 8.38. The molecule has 2 aromatic heterocycles. The van der Waals surface area contributed by atoms with Gasteiger partial charge in [-0.2, -0.15) is 0 Å². The van der Waals surface area contributed by atoms with Crippen LogP contribution in [0.25, 0.3) is 20.9 Å². The Bertz CT molecular complexity index is 631. The lowest BCUT2D eigenvalue weighted by Gasteiger charge is -1.91. The molecule has 0 saturated carbocycles. The maximum Gasteiger partial charge on any atom is 0.143 e. The highest BCUT2D eigenvalue weighted by Gasteiger charge is 2.06. The minimum atomic E-state index is 0.767. The molecule has 4 heteroatoms. The number of anilines is 1. The summed E-state index contributed by atoms with van der Waals surface area (Å²) in [7, 11) is 0. The smallest absolute Gasteiger partial charge is 0.143 e. The zero-order chi connectivity index (χ0) is 11.0. The van der Waals surface area contributed by atoms with Crippen molar-refractivity contribution < 1.29 is 0 Å². The van der Waals surface area contributed by atoms with Crippen LogP contribution in [-0.2, 0) is 0 Å². The zero-order valence-corrected chi connectivity index (χ0v) is 9.24. The molecule has 0 amide bonds. The highest BCUT2D eigenvalue weighted by molar-refractivity contribution is 7.21. The summed E-state index contributed by atoms with van der Waals surface area (Å²) in [6.45, 7) is 0. The third kappa shape index (κ3) is 1.53. The lowest BCUT2D eigenvalue weighted by atomic mass is 10.3. The van der Waals surface area contributed by atoms with Gasteiger partial charge in [-0.25, -0.2) is 4.98 Å². The third-order valence-electron chi connectivity index (χ3n) is 2.30. The molecule has 2 N–H and O–H groups in total. The monoisotopic (exact) mass is 227 g/mol. The van der Waals surface area contributed by atoms with E-state index in [9.17, 15) is 0 Å². The van der Waals surface area contributed by atoms with Gasteiger partial charge in [-0.3, -0.25) is 4.98 Å². The Labute approximate surface area is 96.6 Å². The molecule has 1 aromatic carbocycles. The SMILES string of the molecule is Nc1ccc2nc(-c3ccccn3)sc2c1. The maximum atomic E-state index is 5.74. The second kappa shape index (κ2) is 3.57. The first-order valence-corrected chi connectivity index (χ1v) is 5.72. The normalized spacial score (nSPS) is 10.8. The van der Waals surface area contributed by atoms with Crippen molar-refractivity contribution >= 4 is 27.2 Å². The zero-order valence-electron chi connectivity index (χ0n) is 8.42. The van der Waals surface area contributed by atoms with Gasteiger partial charge in [-0.05, 0) is 30.3 Å². The fourth-order valence-electron chi connectivity index (χ4n) is 1.54. The highest BCUT2D eigenvalue weighted by Crippen LogP contribution is 2.29. The molecular formula is C12H9N3S. The van der Waals surface area contributed by atoms with Gasteiger partial charge < -0.3 is 5.73 Å². The second-order valence-electron chi connectivity index (χ2n) is 3.46. The van der Waals surface area contributed by atoms with Crippen molar-refractivity contribution in [1.82, 2.24) is 9.97 Å². The van der Waals surface area contributed by atoms with E-state index in [0.29, 0.717) is 0 Å². The molecule has 0 unspecified atom stereocenters. The van der Waals surface area contributed by atoms with Gasteiger partial charge in [0.2, 0.25) is 0 Å². The van der Waals surface area contributed by atoms with Gasteiger partial charge >= 0.3 is 0 Å². The molecule has 0 bridgehead atoms. The summed E-state index contributed by atoms with van der Waals surface area (Å²) in [6.07, 6.45) is 1.77. The van der Waals surface area contributed by atoms with E-state index in [1.165, 1.54) is 0 Å². The molecule has 0 spiro atoms. The molecule has 0 aliphatic carbocycles.